The summed E-state index contributed by atoms with van der Waals surface area (Å²) < 4.78 is 28.3. The van der Waals surface area contributed by atoms with Gasteiger partial charge < -0.3 is 10.6 Å². The van der Waals surface area contributed by atoms with Gasteiger partial charge in [-0.2, -0.15) is 5.10 Å². The van der Waals surface area contributed by atoms with Crippen molar-refractivity contribution in [1.29, 1.82) is 0 Å². The predicted octanol–water partition coefficient (Wildman–Crippen LogP) is 1.56. The SMILES string of the molecule is CN=C(NCc1cnn(C)c1)NCc1cc(F)ccc1F. The van der Waals surface area contributed by atoms with Gasteiger partial charge in [-0.1, -0.05) is 0 Å². The molecule has 1 aromatic heterocycles. The highest BCUT2D eigenvalue weighted by atomic mass is 19.1. The van der Waals surface area contributed by atoms with Crippen LogP contribution in [0.5, 0.6) is 0 Å². The van der Waals surface area contributed by atoms with Crippen molar-refractivity contribution in [2.45, 2.75) is 13.1 Å². The Bertz CT molecular complexity index is 636. The zero-order valence-corrected chi connectivity index (χ0v) is 11.9. The molecule has 0 saturated heterocycles. The number of nitrogens with zero attached hydrogens (tertiary/aromatic N) is 3. The van der Waals surface area contributed by atoms with Crippen molar-refractivity contribution in [3.8, 4) is 0 Å². The summed E-state index contributed by atoms with van der Waals surface area (Å²) in [5, 5.41) is 10.1. The van der Waals surface area contributed by atoms with Crippen LogP contribution < -0.4 is 10.6 Å². The molecule has 2 rings (SSSR count). The molecule has 2 N–H and O–H groups in total. The number of aromatic nitrogens is 2. The third-order valence-electron chi connectivity index (χ3n) is 2.90. The summed E-state index contributed by atoms with van der Waals surface area (Å²) in [5.74, 6) is -0.416. The van der Waals surface area contributed by atoms with E-state index in [1.165, 1.54) is 0 Å². The smallest absolute Gasteiger partial charge is 0.191 e. The molecule has 2 aromatic rings. The lowest BCUT2D eigenvalue weighted by molar-refractivity contribution is 0.581. The fourth-order valence-corrected chi connectivity index (χ4v) is 1.83. The maximum Gasteiger partial charge on any atom is 0.191 e. The van der Waals surface area contributed by atoms with Crippen LogP contribution >= 0.6 is 0 Å². The largest absolute Gasteiger partial charge is 0.352 e. The average Bonchev–Trinajstić information content (AvgIpc) is 2.88. The maximum atomic E-state index is 13.5. The van der Waals surface area contributed by atoms with Gasteiger partial charge in [0.1, 0.15) is 11.6 Å². The van der Waals surface area contributed by atoms with Crippen LogP contribution in [0.1, 0.15) is 11.1 Å². The first-order valence-electron chi connectivity index (χ1n) is 6.44. The molecule has 7 heteroatoms. The molecule has 0 aliphatic heterocycles. The molecule has 0 fully saturated rings. The lowest BCUT2D eigenvalue weighted by Crippen LogP contribution is -2.36. The van der Waals surface area contributed by atoms with Crippen molar-refractivity contribution in [1.82, 2.24) is 20.4 Å². The fourth-order valence-electron chi connectivity index (χ4n) is 1.83. The van der Waals surface area contributed by atoms with Gasteiger partial charge in [0.2, 0.25) is 0 Å². The third kappa shape index (κ3) is 4.27. The average molecular weight is 293 g/mol. The van der Waals surface area contributed by atoms with Crippen LogP contribution in [0.15, 0.2) is 35.6 Å². The van der Waals surface area contributed by atoms with E-state index in [9.17, 15) is 8.78 Å². The number of hydrogen-bond acceptors (Lipinski definition) is 2. The second-order valence-electron chi connectivity index (χ2n) is 4.54. The Morgan fingerprint density at radius 3 is 2.71 bits per heavy atom. The minimum absolute atomic E-state index is 0.149. The molecule has 0 spiro atoms. The second kappa shape index (κ2) is 6.83. The normalized spacial score (nSPS) is 11.5. The Hall–Kier alpha value is -2.44. The minimum Gasteiger partial charge on any atom is -0.352 e. The van der Waals surface area contributed by atoms with Crippen molar-refractivity contribution in [3.63, 3.8) is 0 Å². The highest BCUT2D eigenvalue weighted by Crippen LogP contribution is 2.09. The summed E-state index contributed by atoms with van der Waals surface area (Å²) in [6.07, 6.45) is 3.62. The zero-order chi connectivity index (χ0) is 15.2. The number of hydrogen-bond donors (Lipinski definition) is 2. The Kier molecular flexibility index (Phi) is 4.86. The summed E-state index contributed by atoms with van der Waals surface area (Å²) in [4.78, 5) is 4.03. The summed E-state index contributed by atoms with van der Waals surface area (Å²) in [6.45, 7) is 0.690. The molecule has 0 amide bonds. The molecule has 0 atom stereocenters. The van der Waals surface area contributed by atoms with Gasteiger partial charge in [-0.15, -0.1) is 0 Å². The third-order valence-corrected chi connectivity index (χ3v) is 2.90. The van der Waals surface area contributed by atoms with Crippen LogP contribution in [-0.4, -0.2) is 22.8 Å². The molecular weight excluding hydrogens is 276 g/mol. The van der Waals surface area contributed by atoms with Gasteiger partial charge in [-0.3, -0.25) is 9.67 Å². The molecule has 0 aliphatic rings. The maximum absolute atomic E-state index is 13.5. The van der Waals surface area contributed by atoms with Gasteiger partial charge in [0.05, 0.1) is 6.20 Å². The number of halogens is 2. The van der Waals surface area contributed by atoms with E-state index < -0.39 is 11.6 Å². The first-order chi connectivity index (χ1) is 10.1. The molecular formula is C14H17F2N5. The molecule has 0 saturated carbocycles. The van der Waals surface area contributed by atoms with E-state index in [4.69, 9.17) is 0 Å². The van der Waals surface area contributed by atoms with E-state index in [0.29, 0.717) is 12.5 Å². The van der Waals surface area contributed by atoms with Gasteiger partial charge in [-0.05, 0) is 18.2 Å². The molecule has 0 bridgehead atoms. The van der Waals surface area contributed by atoms with Crippen molar-refractivity contribution in [2.24, 2.45) is 12.0 Å². The lowest BCUT2D eigenvalue weighted by atomic mass is 10.2. The highest BCUT2D eigenvalue weighted by Gasteiger charge is 2.05. The van der Waals surface area contributed by atoms with Gasteiger partial charge in [0.25, 0.3) is 0 Å². The topological polar surface area (TPSA) is 54.2 Å². The summed E-state index contributed by atoms with van der Waals surface area (Å²) in [6, 6.07) is 3.36. The predicted molar refractivity (Wildman–Crippen MR) is 76.6 cm³/mol. The van der Waals surface area contributed by atoms with Crippen molar-refractivity contribution in [3.05, 3.63) is 53.4 Å². The van der Waals surface area contributed by atoms with Gasteiger partial charge in [0.15, 0.2) is 5.96 Å². The Labute approximate surface area is 121 Å². The lowest BCUT2D eigenvalue weighted by Gasteiger charge is -2.11. The standard InChI is InChI=1S/C14H17F2N5/c1-17-14(18-6-10-7-20-21(2)9-10)19-8-11-5-12(15)3-4-13(11)16/h3-5,7,9H,6,8H2,1-2H3,(H2,17,18,19). The molecule has 1 heterocycles. The highest BCUT2D eigenvalue weighted by molar-refractivity contribution is 5.79. The van der Waals surface area contributed by atoms with Crippen LogP contribution in [0.4, 0.5) is 8.78 Å². The first kappa shape index (κ1) is 15.0. The minimum atomic E-state index is -0.466. The van der Waals surface area contributed by atoms with Crippen LogP contribution in [0.3, 0.4) is 0 Å². The van der Waals surface area contributed by atoms with E-state index in [1.807, 2.05) is 13.2 Å². The Morgan fingerprint density at radius 2 is 2.05 bits per heavy atom. The summed E-state index contributed by atoms with van der Waals surface area (Å²) in [5.41, 5.74) is 1.25. The monoisotopic (exact) mass is 293 g/mol. The zero-order valence-electron chi connectivity index (χ0n) is 11.9. The van der Waals surface area contributed by atoms with Gasteiger partial charge >= 0.3 is 0 Å². The Morgan fingerprint density at radius 1 is 1.29 bits per heavy atom. The van der Waals surface area contributed by atoms with Crippen molar-refractivity contribution >= 4 is 5.96 Å². The van der Waals surface area contributed by atoms with Gasteiger partial charge in [-0.25, -0.2) is 8.78 Å². The summed E-state index contributed by atoms with van der Waals surface area (Å²) >= 11 is 0. The number of aryl methyl sites for hydroxylation is 1. The van der Waals surface area contributed by atoms with E-state index >= 15 is 0 Å². The molecule has 0 radical (unpaired) electrons. The second-order valence-corrected chi connectivity index (χ2v) is 4.54. The molecule has 21 heavy (non-hydrogen) atoms. The van der Waals surface area contributed by atoms with E-state index in [0.717, 1.165) is 23.8 Å². The molecule has 1 aromatic carbocycles. The fraction of sp³-hybridized carbons (Fsp3) is 0.286. The van der Waals surface area contributed by atoms with E-state index in [1.54, 1.807) is 17.9 Å². The number of guanidine groups is 1. The number of benzene rings is 1. The molecule has 0 unspecified atom stereocenters. The van der Waals surface area contributed by atoms with Crippen LogP contribution in [0.25, 0.3) is 0 Å². The molecule has 112 valence electrons. The number of aliphatic imine (C=N–C) groups is 1. The molecule has 0 aliphatic carbocycles. The van der Waals surface area contributed by atoms with Crippen LogP contribution in [0, 0.1) is 11.6 Å². The van der Waals surface area contributed by atoms with E-state index in [-0.39, 0.29) is 12.1 Å². The van der Waals surface area contributed by atoms with Crippen LogP contribution in [0.2, 0.25) is 0 Å². The molecule has 5 nitrogen and oxygen atoms in total. The van der Waals surface area contributed by atoms with Gasteiger partial charge in [0, 0.05) is 44.5 Å². The van der Waals surface area contributed by atoms with E-state index in [2.05, 4.69) is 20.7 Å². The van der Waals surface area contributed by atoms with Crippen molar-refractivity contribution < 1.29 is 8.78 Å². The van der Waals surface area contributed by atoms with Crippen molar-refractivity contribution in [2.75, 3.05) is 7.05 Å². The van der Waals surface area contributed by atoms with Crippen LogP contribution in [-0.2, 0) is 20.1 Å². The quantitative estimate of drug-likeness (QED) is 0.664. The summed E-state index contributed by atoms with van der Waals surface area (Å²) in [7, 11) is 3.45. The number of nitrogens with one attached hydrogen (secondary N) is 2. The number of rotatable bonds is 4. The Balaban J connectivity index is 1.89. The first-order valence-corrected chi connectivity index (χ1v) is 6.44.